The van der Waals surface area contributed by atoms with E-state index in [1.165, 1.54) is 15.6 Å². The zero-order valence-electron chi connectivity index (χ0n) is 17.8. The van der Waals surface area contributed by atoms with Crippen molar-refractivity contribution in [2.75, 3.05) is 18.4 Å². The lowest BCUT2D eigenvalue weighted by molar-refractivity contribution is -0.123. The van der Waals surface area contributed by atoms with E-state index in [2.05, 4.69) is 15.5 Å². The Labute approximate surface area is 194 Å². The highest BCUT2D eigenvalue weighted by molar-refractivity contribution is 7.89. The number of hydrogen-bond donors (Lipinski definition) is 1. The largest absolute Gasteiger partial charge is 0.300 e. The predicted molar refractivity (Wildman–Crippen MR) is 120 cm³/mol. The highest BCUT2D eigenvalue weighted by Gasteiger charge is 2.45. The standard InChI is InChI=1S/C22H22F2N4O3S2/c1-2-19-26-27-21(32-19)25-20(29)22(15-6-4-3-5-7-15)10-12-28(13-11-22)33(30,31)16-8-9-17(23)18(24)14-16/h3-9,14H,2,10-13H2,1H3,(H,25,27,29). The Kier molecular flexibility index (Phi) is 6.55. The van der Waals surface area contributed by atoms with Gasteiger partial charge in [0, 0.05) is 13.1 Å². The summed E-state index contributed by atoms with van der Waals surface area (Å²) in [5.74, 6) is -2.62. The fraction of sp³-hybridized carbons (Fsp3) is 0.318. The summed E-state index contributed by atoms with van der Waals surface area (Å²) in [5.41, 5.74) is -0.202. The van der Waals surface area contributed by atoms with E-state index in [9.17, 15) is 22.0 Å². The van der Waals surface area contributed by atoms with Crippen molar-refractivity contribution in [3.8, 4) is 0 Å². The number of nitrogens with one attached hydrogen (secondary N) is 1. The van der Waals surface area contributed by atoms with Crippen LogP contribution in [-0.4, -0.2) is 41.9 Å². The summed E-state index contributed by atoms with van der Waals surface area (Å²) < 4.78 is 54.1. The van der Waals surface area contributed by atoms with Crippen molar-refractivity contribution < 1.29 is 22.0 Å². The average Bonchev–Trinajstić information content (AvgIpc) is 3.29. The number of hydrogen-bond acceptors (Lipinski definition) is 6. The van der Waals surface area contributed by atoms with Crippen molar-refractivity contribution in [2.24, 2.45) is 0 Å². The van der Waals surface area contributed by atoms with Gasteiger partial charge >= 0.3 is 0 Å². The molecular weight excluding hydrogens is 470 g/mol. The molecule has 0 spiro atoms. The van der Waals surface area contributed by atoms with Gasteiger partial charge in [-0.15, -0.1) is 10.2 Å². The Balaban J connectivity index is 1.60. The Morgan fingerprint density at radius 3 is 2.39 bits per heavy atom. The molecule has 33 heavy (non-hydrogen) atoms. The number of aromatic nitrogens is 2. The lowest BCUT2D eigenvalue weighted by Gasteiger charge is -2.40. The van der Waals surface area contributed by atoms with E-state index < -0.39 is 27.1 Å². The number of piperidine rings is 1. The van der Waals surface area contributed by atoms with Crippen LogP contribution in [0.25, 0.3) is 0 Å². The fourth-order valence-corrected chi connectivity index (χ4v) is 6.09. The van der Waals surface area contributed by atoms with Crippen LogP contribution in [0.3, 0.4) is 0 Å². The number of amides is 1. The van der Waals surface area contributed by atoms with E-state index in [0.717, 1.165) is 22.7 Å². The van der Waals surface area contributed by atoms with Crippen molar-refractivity contribution in [3.05, 3.63) is 70.7 Å². The molecule has 0 bridgehead atoms. The Bertz CT molecular complexity index is 1260. The lowest BCUT2D eigenvalue weighted by Crippen LogP contribution is -2.50. The van der Waals surface area contributed by atoms with Crippen LogP contribution >= 0.6 is 11.3 Å². The average molecular weight is 493 g/mol. The number of carbonyl (C=O) groups is 1. The third-order valence-corrected chi connectivity index (χ3v) is 8.73. The van der Waals surface area contributed by atoms with Gasteiger partial charge in [0.2, 0.25) is 21.1 Å². The third kappa shape index (κ3) is 4.53. The van der Waals surface area contributed by atoms with Gasteiger partial charge in [-0.1, -0.05) is 48.6 Å². The van der Waals surface area contributed by atoms with Crippen molar-refractivity contribution >= 4 is 32.4 Å². The normalized spacial score (nSPS) is 16.5. The zero-order chi connectivity index (χ0) is 23.6. The van der Waals surface area contributed by atoms with Crippen LogP contribution < -0.4 is 5.32 Å². The molecule has 0 radical (unpaired) electrons. The van der Waals surface area contributed by atoms with Crippen LogP contribution in [0.2, 0.25) is 0 Å². The highest BCUT2D eigenvalue weighted by atomic mass is 32.2. The van der Waals surface area contributed by atoms with Gasteiger partial charge in [0.1, 0.15) is 5.01 Å². The van der Waals surface area contributed by atoms with E-state index >= 15 is 0 Å². The molecule has 0 saturated carbocycles. The van der Waals surface area contributed by atoms with E-state index in [4.69, 9.17) is 0 Å². The van der Waals surface area contributed by atoms with Gasteiger partial charge in [-0.25, -0.2) is 17.2 Å². The first kappa shape index (κ1) is 23.4. The molecule has 0 aliphatic carbocycles. The molecule has 7 nitrogen and oxygen atoms in total. The molecule has 1 amide bonds. The number of nitrogens with zero attached hydrogens (tertiary/aromatic N) is 3. The van der Waals surface area contributed by atoms with Gasteiger partial charge in [0.05, 0.1) is 10.3 Å². The van der Waals surface area contributed by atoms with Crippen molar-refractivity contribution in [1.29, 1.82) is 0 Å². The Hall–Kier alpha value is -2.76. The van der Waals surface area contributed by atoms with Crippen molar-refractivity contribution in [3.63, 3.8) is 0 Å². The van der Waals surface area contributed by atoms with Gasteiger partial charge in [-0.2, -0.15) is 4.31 Å². The second-order valence-electron chi connectivity index (χ2n) is 7.74. The maximum absolute atomic E-state index is 13.6. The minimum Gasteiger partial charge on any atom is -0.300 e. The molecule has 4 rings (SSSR count). The van der Waals surface area contributed by atoms with Gasteiger partial charge in [-0.05, 0) is 43.0 Å². The summed E-state index contributed by atoms with van der Waals surface area (Å²) >= 11 is 1.30. The number of benzene rings is 2. The predicted octanol–water partition coefficient (Wildman–Crippen LogP) is 3.74. The van der Waals surface area contributed by atoms with Crippen LogP contribution in [0.15, 0.2) is 53.4 Å². The number of rotatable bonds is 6. The van der Waals surface area contributed by atoms with Crippen LogP contribution in [0.1, 0.15) is 30.3 Å². The topological polar surface area (TPSA) is 92.3 Å². The van der Waals surface area contributed by atoms with E-state index in [1.54, 1.807) is 0 Å². The second kappa shape index (κ2) is 9.24. The molecule has 2 aromatic carbocycles. The number of carbonyl (C=O) groups excluding carboxylic acids is 1. The molecule has 0 atom stereocenters. The quantitative estimate of drug-likeness (QED) is 0.566. The van der Waals surface area contributed by atoms with Gasteiger partial charge in [-0.3, -0.25) is 10.1 Å². The molecule has 11 heteroatoms. The summed E-state index contributed by atoms with van der Waals surface area (Å²) in [4.78, 5) is 13.1. The molecule has 1 fully saturated rings. The monoisotopic (exact) mass is 492 g/mol. The summed E-state index contributed by atoms with van der Waals surface area (Å²) in [6.07, 6.45) is 1.13. The van der Waals surface area contributed by atoms with Gasteiger partial charge in [0.25, 0.3) is 0 Å². The highest BCUT2D eigenvalue weighted by Crippen LogP contribution is 2.38. The first-order valence-electron chi connectivity index (χ1n) is 10.4. The summed E-state index contributed by atoms with van der Waals surface area (Å²) in [6.45, 7) is 2.03. The number of sulfonamides is 1. The minimum atomic E-state index is -4.04. The van der Waals surface area contributed by atoms with Gasteiger partial charge in [0.15, 0.2) is 11.6 Å². The summed E-state index contributed by atoms with van der Waals surface area (Å²) in [5, 5.41) is 12.1. The summed E-state index contributed by atoms with van der Waals surface area (Å²) in [6, 6.07) is 11.7. The molecule has 0 unspecified atom stereocenters. The van der Waals surface area contributed by atoms with Crippen LogP contribution in [0.5, 0.6) is 0 Å². The molecule has 1 aliphatic heterocycles. The molecule has 1 saturated heterocycles. The zero-order valence-corrected chi connectivity index (χ0v) is 19.4. The molecule has 1 N–H and O–H groups in total. The number of aryl methyl sites for hydroxylation is 1. The van der Waals surface area contributed by atoms with Crippen molar-refractivity contribution in [1.82, 2.24) is 14.5 Å². The maximum Gasteiger partial charge on any atom is 0.243 e. The Morgan fingerprint density at radius 1 is 1.09 bits per heavy atom. The summed E-state index contributed by atoms with van der Waals surface area (Å²) in [7, 11) is -4.04. The minimum absolute atomic E-state index is 0.0416. The van der Waals surface area contributed by atoms with E-state index in [-0.39, 0.29) is 36.7 Å². The van der Waals surface area contributed by atoms with Crippen LogP contribution in [0, 0.1) is 11.6 Å². The molecule has 1 aliphatic rings. The molecule has 2 heterocycles. The Morgan fingerprint density at radius 2 is 1.79 bits per heavy atom. The van der Waals surface area contributed by atoms with Gasteiger partial charge < -0.3 is 0 Å². The second-order valence-corrected chi connectivity index (χ2v) is 10.7. The smallest absolute Gasteiger partial charge is 0.243 e. The van der Waals surface area contributed by atoms with E-state index in [1.807, 2.05) is 37.3 Å². The van der Waals surface area contributed by atoms with Crippen molar-refractivity contribution in [2.45, 2.75) is 36.5 Å². The molecule has 3 aromatic rings. The fourth-order valence-electron chi connectivity index (χ4n) is 3.96. The van der Waals surface area contributed by atoms with E-state index in [0.29, 0.717) is 17.6 Å². The maximum atomic E-state index is 13.6. The lowest BCUT2D eigenvalue weighted by atomic mass is 9.72. The van der Waals surface area contributed by atoms with Crippen LogP contribution in [-0.2, 0) is 26.7 Å². The number of halogens is 2. The molecule has 174 valence electrons. The molecule has 1 aromatic heterocycles. The molecular formula is C22H22F2N4O3S2. The first-order valence-corrected chi connectivity index (χ1v) is 12.7. The van der Waals surface area contributed by atoms with Crippen LogP contribution in [0.4, 0.5) is 13.9 Å². The SMILES string of the molecule is CCc1nnc(NC(=O)C2(c3ccccc3)CCN(S(=O)(=O)c3ccc(F)c(F)c3)CC2)s1. The first-order chi connectivity index (χ1) is 15.8. The third-order valence-electron chi connectivity index (χ3n) is 5.86. The number of anilines is 1.